The summed E-state index contributed by atoms with van der Waals surface area (Å²) in [6.45, 7) is 1.64. The van der Waals surface area contributed by atoms with Gasteiger partial charge in [-0.25, -0.2) is 4.79 Å². The Morgan fingerprint density at radius 1 is 0.792 bits per heavy atom. The number of carbonyl (C=O) groups is 2. The fourth-order valence-electron chi connectivity index (χ4n) is 2.59. The molecule has 0 unspecified atom stereocenters. The molecule has 4 heteroatoms. The van der Waals surface area contributed by atoms with Crippen molar-refractivity contribution in [2.75, 3.05) is 14.2 Å². The molecule has 0 aromatic heterocycles. The molecule has 0 heterocycles. The van der Waals surface area contributed by atoms with Crippen molar-refractivity contribution >= 4 is 17.5 Å². The highest BCUT2D eigenvalue weighted by atomic mass is 16.5. The van der Waals surface area contributed by atoms with Crippen molar-refractivity contribution in [3.05, 3.63) is 77.4 Å². The van der Waals surface area contributed by atoms with E-state index >= 15 is 0 Å². The lowest BCUT2D eigenvalue weighted by Crippen LogP contribution is -2.23. The van der Waals surface area contributed by atoms with Crippen LogP contribution in [0, 0.1) is 5.92 Å². The Kier molecular flexibility index (Phi) is 5.90. The Morgan fingerprint density at radius 2 is 1.25 bits per heavy atom. The largest absolute Gasteiger partial charge is 0.469 e. The van der Waals surface area contributed by atoms with E-state index in [1.165, 1.54) is 14.2 Å². The van der Waals surface area contributed by atoms with Crippen molar-refractivity contribution in [2.45, 2.75) is 6.92 Å². The molecule has 0 aliphatic rings. The van der Waals surface area contributed by atoms with Gasteiger partial charge in [-0.2, -0.15) is 0 Å². The van der Waals surface area contributed by atoms with Crippen LogP contribution in [-0.2, 0) is 19.1 Å². The standard InChI is InChI=1S/C20H20O4/c1-14(19(21)23-2)17(20(22)24-3)18(15-10-6-4-7-11-15)16-12-8-5-9-13-16/h4-14H,1-3H3/t14-/m1/s1. The molecule has 2 aromatic carbocycles. The molecule has 4 nitrogen and oxygen atoms in total. The van der Waals surface area contributed by atoms with E-state index < -0.39 is 17.9 Å². The van der Waals surface area contributed by atoms with E-state index in [1.807, 2.05) is 60.7 Å². The third-order valence-electron chi connectivity index (χ3n) is 3.79. The summed E-state index contributed by atoms with van der Waals surface area (Å²) in [5.41, 5.74) is 2.61. The second-order valence-corrected chi connectivity index (χ2v) is 5.26. The third kappa shape index (κ3) is 3.71. The van der Waals surface area contributed by atoms with E-state index in [2.05, 4.69) is 0 Å². The summed E-state index contributed by atoms with van der Waals surface area (Å²) in [6.07, 6.45) is 0. The van der Waals surface area contributed by atoms with Crippen molar-refractivity contribution in [1.29, 1.82) is 0 Å². The van der Waals surface area contributed by atoms with Crippen LogP contribution in [0.1, 0.15) is 18.1 Å². The van der Waals surface area contributed by atoms with Gasteiger partial charge >= 0.3 is 11.9 Å². The van der Waals surface area contributed by atoms with Crippen LogP contribution < -0.4 is 0 Å². The number of hydrogen-bond acceptors (Lipinski definition) is 4. The predicted molar refractivity (Wildman–Crippen MR) is 92.1 cm³/mol. The molecule has 1 atom stereocenters. The molecule has 0 N–H and O–H groups in total. The minimum atomic E-state index is -0.752. The first kappa shape index (κ1) is 17.5. The maximum Gasteiger partial charge on any atom is 0.335 e. The quantitative estimate of drug-likeness (QED) is 0.624. The number of hydrogen-bond donors (Lipinski definition) is 0. The number of methoxy groups -OCH3 is 2. The topological polar surface area (TPSA) is 52.6 Å². The van der Waals surface area contributed by atoms with E-state index in [4.69, 9.17) is 9.47 Å². The van der Waals surface area contributed by atoms with Gasteiger partial charge in [0.1, 0.15) is 0 Å². The van der Waals surface area contributed by atoms with Crippen LogP contribution in [0.5, 0.6) is 0 Å². The van der Waals surface area contributed by atoms with Gasteiger partial charge in [0, 0.05) is 5.57 Å². The van der Waals surface area contributed by atoms with E-state index in [1.54, 1.807) is 6.92 Å². The van der Waals surface area contributed by atoms with Crippen LogP contribution >= 0.6 is 0 Å². The average molecular weight is 324 g/mol. The molecule has 0 saturated heterocycles. The average Bonchev–Trinajstić information content (AvgIpc) is 2.65. The number of carbonyl (C=O) groups excluding carboxylic acids is 2. The zero-order chi connectivity index (χ0) is 17.5. The van der Waals surface area contributed by atoms with Gasteiger partial charge in [0.25, 0.3) is 0 Å². The summed E-state index contributed by atoms with van der Waals surface area (Å²) in [4.78, 5) is 24.6. The highest BCUT2D eigenvalue weighted by Crippen LogP contribution is 2.31. The van der Waals surface area contributed by atoms with E-state index in [0.29, 0.717) is 5.57 Å². The van der Waals surface area contributed by atoms with Gasteiger partial charge in [0.05, 0.1) is 25.7 Å². The Morgan fingerprint density at radius 3 is 1.62 bits per heavy atom. The molecule has 0 bridgehead atoms. The molecule has 0 spiro atoms. The van der Waals surface area contributed by atoms with E-state index in [-0.39, 0.29) is 5.57 Å². The van der Waals surface area contributed by atoms with Crippen LogP contribution in [0.15, 0.2) is 66.2 Å². The fraction of sp³-hybridized carbons (Fsp3) is 0.200. The number of esters is 2. The van der Waals surface area contributed by atoms with E-state index in [9.17, 15) is 9.59 Å². The van der Waals surface area contributed by atoms with Crippen LogP contribution in [0.25, 0.3) is 5.57 Å². The van der Waals surface area contributed by atoms with Gasteiger partial charge in [-0.15, -0.1) is 0 Å². The van der Waals surface area contributed by atoms with Gasteiger partial charge in [-0.1, -0.05) is 60.7 Å². The van der Waals surface area contributed by atoms with Crippen molar-refractivity contribution in [3.63, 3.8) is 0 Å². The molecule has 0 aliphatic carbocycles. The second-order valence-electron chi connectivity index (χ2n) is 5.26. The number of ether oxygens (including phenoxy) is 2. The second kappa shape index (κ2) is 8.11. The molecule has 0 amide bonds. The minimum Gasteiger partial charge on any atom is -0.469 e. The highest BCUT2D eigenvalue weighted by Gasteiger charge is 2.29. The smallest absolute Gasteiger partial charge is 0.335 e. The maximum absolute atomic E-state index is 12.5. The monoisotopic (exact) mass is 324 g/mol. The number of benzene rings is 2. The molecular weight excluding hydrogens is 304 g/mol. The maximum atomic E-state index is 12.5. The molecule has 2 rings (SSSR count). The van der Waals surface area contributed by atoms with Crippen molar-refractivity contribution in [3.8, 4) is 0 Å². The van der Waals surface area contributed by atoms with Crippen LogP contribution in [0.2, 0.25) is 0 Å². The van der Waals surface area contributed by atoms with Crippen LogP contribution in [0.4, 0.5) is 0 Å². The lowest BCUT2D eigenvalue weighted by atomic mass is 9.87. The Bertz CT molecular complexity index is 691. The summed E-state index contributed by atoms with van der Waals surface area (Å²) in [6, 6.07) is 18.9. The molecule has 24 heavy (non-hydrogen) atoms. The molecule has 0 aliphatic heterocycles. The summed E-state index contributed by atoms with van der Waals surface area (Å²) >= 11 is 0. The summed E-state index contributed by atoms with van der Waals surface area (Å²) in [7, 11) is 2.61. The van der Waals surface area contributed by atoms with Crippen LogP contribution in [-0.4, -0.2) is 26.2 Å². The summed E-state index contributed by atoms with van der Waals surface area (Å²) in [5.74, 6) is -1.78. The molecule has 124 valence electrons. The number of rotatable bonds is 5. The van der Waals surface area contributed by atoms with E-state index in [0.717, 1.165) is 11.1 Å². The zero-order valence-electron chi connectivity index (χ0n) is 14.0. The normalized spacial score (nSPS) is 11.3. The van der Waals surface area contributed by atoms with Crippen molar-refractivity contribution < 1.29 is 19.1 Å². The van der Waals surface area contributed by atoms with Crippen LogP contribution in [0.3, 0.4) is 0 Å². The van der Waals surface area contributed by atoms with Gasteiger partial charge in [-0.3, -0.25) is 4.79 Å². The Balaban J connectivity index is 2.78. The third-order valence-corrected chi connectivity index (χ3v) is 3.79. The van der Waals surface area contributed by atoms with Crippen molar-refractivity contribution in [2.24, 2.45) is 5.92 Å². The SMILES string of the molecule is COC(=O)C(=C(c1ccccc1)c1ccccc1)[C@@H](C)C(=O)OC. The molecule has 0 radical (unpaired) electrons. The Hall–Kier alpha value is -2.88. The first-order chi connectivity index (χ1) is 11.6. The lowest BCUT2D eigenvalue weighted by Gasteiger charge is -2.19. The lowest BCUT2D eigenvalue weighted by molar-refractivity contribution is -0.146. The molecular formula is C20H20O4. The van der Waals surface area contributed by atoms with Gasteiger partial charge < -0.3 is 9.47 Å². The molecule has 0 fully saturated rings. The van der Waals surface area contributed by atoms with Gasteiger partial charge in [-0.05, 0) is 18.1 Å². The molecule has 2 aromatic rings. The van der Waals surface area contributed by atoms with Crippen molar-refractivity contribution in [1.82, 2.24) is 0 Å². The highest BCUT2D eigenvalue weighted by molar-refractivity contribution is 6.05. The summed E-state index contributed by atoms with van der Waals surface area (Å²) in [5, 5.41) is 0. The Labute approximate surface area is 141 Å². The zero-order valence-corrected chi connectivity index (χ0v) is 14.0. The first-order valence-electron chi connectivity index (χ1n) is 7.61. The molecule has 0 saturated carbocycles. The van der Waals surface area contributed by atoms with Gasteiger partial charge in [0.2, 0.25) is 0 Å². The predicted octanol–water partition coefficient (Wildman–Crippen LogP) is 3.47. The summed E-state index contributed by atoms with van der Waals surface area (Å²) < 4.78 is 9.78. The minimum absolute atomic E-state index is 0.279. The van der Waals surface area contributed by atoms with Gasteiger partial charge in [0.15, 0.2) is 0 Å². The first-order valence-corrected chi connectivity index (χ1v) is 7.61. The fourth-order valence-corrected chi connectivity index (χ4v) is 2.59.